The number of nitrogens with zero attached hydrogens (tertiary/aromatic N) is 3. The van der Waals surface area contributed by atoms with Gasteiger partial charge in [-0.3, -0.25) is 4.90 Å². The Balaban J connectivity index is 2.03. The topological polar surface area (TPSA) is 41.1 Å². The van der Waals surface area contributed by atoms with Crippen molar-refractivity contribution in [3.05, 3.63) is 24.3 Å². The Morgan fingerprint density at radius 3 is 2.57 bits per heavy atom. The molecule has 1 saturated heterocycles. The van der Waals surface area contributed by atoms with E-state index in [1.165, 1.54) is 0 Å². The van der Waals surface area contributed by atoms with Gasteiger partial charge in [-0.1, -0.05) is 0 Å². The molecule has 1 aliphatic heterocycles. The number of hydrogen-bond acceptors (Lipinski definition) is 4. The molecule has 76 valence electrons. The highest BCUT2D eigenvalue weighted by atomic mass is 15.2. The van der Waals surface area contributed by atoms with Gasteiger partial charge in [0.05, 0.1) is 6.04 Å². The average Bonchev–Trinajstić information content (AvgIpc) is 2.30. The molecule has 14 heavy (non-hydrogen) atoms. The predicted octanol–water partition coefficient (Wildman–Crippen LogP) is 0.443. The number of hydrogen-bond donors (Lipinski definition) is 1. The first-order valence-corrected chi connectivity index (χ1v) is 5.09. The lowest BCUT2D eigenvalue weighted by Gasteiger charge is -2.31. The lowest BCUT2D eigenvalue weighted by atomic mass is 10.2. The Kier molecular flexibility index (Phi) is 3.06. The van der Waals surface area contributed by atoms with Gasteiger partial charge in [0.1, 0.15) is 5.82 Å². The summed E-state index contributed by atoms with van der Waals surface area (Å²) in [5.74, 6) is 0.925. The van der Waals surface area contributed by atoms with E-state index in [9.17, 15) is 0 Å². The van der Waals surface area contributed by atoms with Crippen LogP contribution in [0.1, 0.15) is 18.8 Å². The average molecular weight is 192 g/mol. The monoisotopic (exact) mass is 192 g/mol. The van der Waals surface area contributed by atoms with Crippen LogP contribution in [0.5, 0.6) is 0 Å². The van der Waals surface area contributed by atoms with Gasteiger partial charge in [-0.05, 0) is 13.0 Å². The van der Waals surface area contributed by atoms with Crippen LogP contribution in [0.4, 0.5) is 0 Å². The van der Waals surface area contributed by atoms with Gasteiger partial charge in [-0.2, -0.15) is 0 Å². The summed E-state index contributed by atoms with van der Waals surface area (Å²) in [5.41, 5.74) is 0. The minimum Gasteiger partial charge on any atom is -0.314 e. The third-order valence-electron chi connectivity index (χ3n) is 2.66. The lowest BCUT2D eigenvalue weighted by Crippen LogP contribution is -2.44. The van der Waals surface area contributed by atoms with Crippen LogP contribution in [0.2, 0.25) is 0 Å². The van der Waals surface area contributed by atoms with Gasteiger partial charge >= 0.3 is 0 Å². The summed E-state index contributed by atoms with van der Waals surface area (Å²) in [6.07, 6.45) is 3.61. The van der Waals surface area contributed by atoms with E-state index in [2.05, 4.69) is 27.1 Å². The van der Waals surface area contributed by atoms with Gasteiger partial charge in [0, 0.05) is 38.6 Å². The first-order chi connectivity index (χ1) is 6.88. The molecule has 0 spiro atoms. The Hall–Kier alpha value is -1.00. The number of piperazine rings is 1. The van der Waals surface area contributed by atoms with Crippen molar-refractivity contribution in [3.8, 4) is 0 Å². The quantitative estimate of drug-likeness (QED) is 0.738. The van der Waals surface area contributed by atoms with Crippen LogP contribution in [0, 0.1) is 0 Å². The van der Waals surface area contributed by atoms with Gasteiger partial charge in [0.15, 0.2) is 0 Å². The zero-order valence-corrected chi connectivity index (χ0v) is 8.48. The molecule has 1 aromatic rings. The molecule has 1 N–H and O–H groups in total. The van der Waals surface area contributed by atoms with Gasteiger partial charge in [0.25, 0.3) is 0 Å². The SMILES string of the molecule is CC(c1ncccn1)N1CCNCC1. The van der Waals surface area contributed by atoms with Crippen molar-refractivity contribution in [2.45, 2.75) is 13.0 Å². The van der Waals surface area contributed by atoms with Crippen LogP contribution in [0.3, 0.4) is 0 Å². The third kappa shape index (κ3) is 2.08. The maximum absolute atomic E-state index is 4.28. The summed E-state index contributed by atoms with van der Waals surface area (Å²) >= 11 is 0. The molecular formula is C10H16N4. The van der Waals surface area contributed by atoms with E-state index in [4.69, 9.17) is 0 Å². The highest BCUT2D eigenvalue weighted by molar-refractivity contribution is 4.95. The fourth-order valence-corrected chi connectivity index (χ4v) is 1.76. The molecule has 2 heterocycles. The van der Waals surface area contributed by atoms with Gasteiger partial charge in [-0.15, -0.1) is 0 Å². The van der Waals surface area contributed by atoms with Gasteiger partial charge in [0.2, 0.25) is 0 Å². The Morgan fingerprint density at radius 2 is 1.93 bits per heavy atom. The van der Waals surface area contributed by atoms with Crippen molar-refractivity contribution >= 4 is 0 Å². The molecule has 0 saturated carbocycles. The van der Waals surface area contributed by atoms with Crippen LogP contribution in [0.25, 0.3) is 0 Å². The standard InChI is InChI=1S/C10H16N4/c1-9(10-12-3-2-4-13-10)14-7-5-11-6-8-14/h2-4,9,11H,5-8H2,1H3. The maximum Gasteiger partial charge on any atom is 0.145 e. The summed E-state index contributed by atoms with van der Waals surface area (Å²) in [4.78, 5) is 11.0. The van der Waals surface area contributed by atoms with Crippen molar-refractivity contribution in [2.75, 3.05) is 26.2 Å². The number of nitrogens with one attached hydrogen (secondary N) is 1. The minimum atomic E-state index is 0.332. The van der Waals surface area contributed by atoms with Crippen LogP contribution in [-0.2, 0) is 0 Å². The van der Waals surface area contributed by atoms with Gasteiger partial charge < -0.3 is 5.32 Å². The largest absolute Gasteiger partial charge is 0.314 e. The van der Waals surface area contributed by atoms with Crippen molar-refractivity contribution < 1.29 is 0 Å². The van der Waals surface area contributed by atoms with Crippen molar-refractivity contribution in [2.24, 2.45) is 0 Å². The Morgan fingerprint density at radius 1 is 1.29 bits per heavy atom. The molecule has 0 bridgehead atoms. The second-order valence-corrected chi connectivity index (χ2v) is 3.57. The van der Waals surface area contributed by atoms with Gasteiger partial charge in [-0.25, -0.2) is 9.97 Å². The minimum absolute atomic E-state index is 0.332. The molecule has 0 amide bonds. The first kappa shape index (κ1) is 9.55. The predicted molar refractivity (Wildman–Crippen MR) is 54.9 cm³/mol. The fourth-order valence-electron chi connectivity index (χ4n) is 1.76. The number of aromatic nitrogens is 2. The van der Waals surface area contributed by atoms with E-state index >= 15 is 0 Å². The van der Waals surface area contributed by atoms with E-state index in [0.717, 1.165) is 32.0 Å². The molecule has 4 heteroatoms. The summed E-state index contributed by atoms with van der Waals surface area (Å²) in [6.45, 7) is 6.47. The van der Waals surface area contributed by atoms with Crippen LogP contribution in [-0.4, -0.2) is 41.0 Å². The van der Waals surface area contributed by atoms with E-state index in [0.29, 0.717) is 6.04 Å². The van der Waals surface area contributed by atoms with Crippen LogP contribution < -0.4 is 5.32 Å². The molecule has 1 aliphatic rings. The van der Waals surface area contributed by atoms with E-state index < -0.39 is 0 Å². The molecule has 4 nitrogen and oxygen atoms in total. The lowest BCUT2D eigenvalue weighted by molar-refractivity contribution is 0.179. The van der Waals surface area contributed by atoms with E-state index in [1.54, 1.807) is 12.4 Å². The molecule has 1 aromatic heterocycles. The van der Waals surface area contributed by atoms with Crippen molar-refractivity contribution in [3.63, 3.8) is 0 Å². The zero-order chi connectivity index (χ0) is 9.80. The molecule has 2 rings (SSSR count). The highest BCUT2D eigenvalue weighted by Crippen LogP contribution is 2.15. The molecule has 0 aliphatic carbocycles. The summed E-state index contributed by atoms with van der Waals surface area (Å²) in [6, 6.07) is 2.19. The van der Waals surface area contributed by atoms with E-state index in [1.807, 2.05) is 6.07 Å². The zero-order valence-electron chi connectivity index (χ0n) is 8.48. The summed E-state index contributed by atoms with van der Waals surface area (Å²) in [7, 11) is 0. The molecule has 0 aromatic carbocycles. The molecular weight excluding hydrogens is 176 g/mol. The second kappa shape index (κ2) is 4.48. The maximum atomic E-state index is 4.28. The van der Waals surface area contributed by atoms with Crippen LogP contribution in [0.15, 0.2) is 18.5 Å². The van der Waals surface area contributed by atoms with Crippen molar-refractivity contribution in [1.29, 1.82) is 0 Å². The second-order valence-electron chi connectivity index (χ2n) is 3.57. The van der Waals surface area contributed by atoms with Crippen molar-refractivity contribution in [1.82, 2.24) is 20.2 Å². The fraction of sp³-hybridized carbons (Fsp3) is 0.600. The highest BCUT2D eigenvalue weighted by Gasteiger charge is 2.19. The summed E-state index contributed by atoms with van der Waals surface area (Å²) < 4.78 is 0. The Bertz CT molecular complexity index is 269. The smallest absolute Gasteiger partial charge is 0.145 e. The Labute approximate surface area is 84.4 Å². The normalized spacial score (nSPS) is 20.6. The number of rotatable bonds is 2. The molecule has 0 radical (unpaired) electrons. The molecule has 1 unspecified atom stereocenters. The molecule has 1 atom stereocenters. The third-order valence-corrected chi connectivity index (χ3v) is 2.66. The van der Waals surface area contributed by atoms with Crippen LogP contribution >= 0.6 is 0 Å². The summed E-state index contributed by atoms with van der Waals surface area (Å²) in [5, 5.41) is 3.34. The van der Waals surface area contributed by atoms with E-state index in [-0.39, 0.29) is 0 Å². The first-order valence-electron chi connectivity index (χ1n) is 5.09. The molecule has 1 fully saturated rings.